The van der Waals surface area contributed by atoms with Crippen LogP contribution in [0.4, 0.5) is 0 Å². The molecule has 1 amide bonds. The van der Waals surface area contributed by atoms with E-state index in [-0.39, 0.29) is 35.6 Å². The molecular formula is C28H31N3O5. The maximum atomic E-state index is 12.8. The van der Waals surface area contributed by atoms with Gasteiger partial charge in [-0.2, -0.15) is 0 Å². The topological polar surface area (TPSA) is 146 Å². The lowest BCUT2D eigenvalue weighted by molar-refractivity contribution is 0.0697. The Balaban J connectivity index is 1.89. The van der Waals surface area contributed by atoms with Crippen LogP contribution in [0.1, 0.15) is 52.6 Å². The molecule has 0 radical (unpaired) electrons. The summed E-state index contributed by atoms with van der Waals surface area (Å²) in [6.45, 7) is 5.69. The Morgan fingerprint density at radius 2 is 1.64 bits per heavy atom. The molecule has 0 aromatic heterocycles. The average molecular weight is 490 g/mol. The third-order valence-electron chi connectivity index (χ3n) is 5.88. The fraction of sp³-hybridized carbons (Fsp3) is 0.250. The van der Waals surface area contributed by atoms with E-state index in [0.29, 0.717) is 22.4 Å². The summed E-state index contributed by atoms with van der Waals surface area (Å²) in [5.41, 5.74) is 7.73. The molecule has 3 aromatic rings. The summed E-state index contributed by atoms with van der Waals surface area (Å²) in [6, 6.07) is 18.2. The van der Waals surface area contributed by atoms with Crippen LogP contribution < -0.4 is 15.8 Å². The molecule has 36 heavy (non-hydrogen) atoms. The smallest absolute Gasteiger partial charge is 0.336 e. The average Bonchev–Trinajstić information content (AvgIpc) is 2.85. The van der Waals surface area contributed by atoms with Gasteiger partial charge in [0.2, 0.25) is 0 Å². The lowest BCUT2D eigenvalue weighted by Crippen LogP contribution is -2.46. The van der Waals surface area contributed by atoms with Gasteiger partial charge in [-0.15, -0.1) is 0 Å². The Labute approximate surface area is 210 Å². The number of nitrogen functional groups attached to an aromatic ring is 1. The third kappa shape index (κ3) is 6.28. The normalized spacial score (nSPS) is 12.0. The molecule has 6 N–H and O–H groups in total. The fourth-order valence-corrected chi connectivity index (χ4v) is 3.63. The second-order valence-electron chi connectivity index (χ2n) is 9.54. The van der Waals surface area contributed by atoms with Crippen LogP contribution in [-0.2, 0) is 6.61 Å². The summed E-state index contributed by atoms with van der Waals surface area (Å²) < 4.78 is 6.01. The van der Waals surface area contributed by atoms with E-state index in [9.17, 15) is 19.8 Å². The van der Waals surface area contributed by atoms with Crippen molar-refractivity contribution < 1.29 is 24.5 Å². The van der Waals surface area contributed by atoms with Crippen molar-refractivity contribution in [2.45, 2.75) is 33.4 Å². The number of hydrogen-bond donors (Lipinski definition) is 5. The van der Waals surface area contributed by atoms with E-state index < -0.39 is 17.9 Å². The van der Waals surface area contributed by atoms with E-state index in [2.05, 4.69) is 5.32 Å². The van der Waals surface area contributed by atoms with E-state index in [1.807, 2.05) is 32.9 Å². The summed E-state index contributed by atoms with van der Waals surface area (Å²) in [4.78, 5) is 25.0. The minimum atomic E-state index is -1.18. The molecule has 0 aliphatic carbocycles. The number of ether oxygens (including phenoxy) is 1. The van der Waals surface area contributed by atoms with Gasteiger partial charge in [0, 0.05) is 16.7 Å². The number of nitrogens with two attached hydrogens (primary N) is 1. The van der Waals surface area contributed by atoms with Crippen LogP contribution in [0.5, 0.6) is 5.75 Å². The van der Waals surface area contributed by atoms with E-state index in [4.69, 9.17) is 15.9 Å². The molecule has 1 unspecified atom stereocenters. The molecule has 0 fully saturated rings. The number of amidine groups is 1. The molecule has 0 spiro atoms. The monoisotopic (exact) mass is 489 g/mol. The summed E-state index contributed by atoms with van der Waals surface area (Å²) in [7, 11) is 0. The van der Waals surface area contributed by atoms with Crippen molar-refractivity contribution in [3.63, 3.8) is 0 Å². The van der Waals surface area contributed by atoms with Gasteiger partial charge in [-0.1, -0.05) is 69.3 Å². The Morgan fingerprint density at radius 3 is 2.22 bits per heavy atom. The van der Waals surface area contributed by atoms with Gasteiger partial charge < -0.3 is 26.0 Å². The van der Waals surface area contributed by atoms with Crippen LogP contribution in [0.2, 0.25) is 0 Å². The molecule has 1 atom stereocenters. The number of rotatable bonds is 9. The van der Waals surface area contributed by atoms with Crippen molar-refractivity contribution >= 4 is 17.7 Å². The highest BCUT2D eigenvalue weighted by atomic mass is 16.5. The lowest BCUT2D eigenvalue weighted by atomic mass is 9.87. The number of aliphatic hydroxyl groups is 1. The Bertz CT molecular complexity index is 1260. The van der Waals surface area contributed by atoms with Crippen LogP contribution in [0.15, 0.2) is 66.7 Å². The molecule has 188 valence electrons. The van der Waals surface area contributed by atoms with Crippen molar-refractivity contribution in [1.82, 2.24) is 5.32 Å². The molecule has 8 nitrogen and oxygen atoms in total. The number of amides is 1. The van der Waals surface area contributed by atoms with Gasteiger partial charge in [-0.25, -0.2) is 4.79 Å². The molecule has 0 saturated carbocycles. The number of benzene rings is 3. The van der Waals surface area contributed by atoms with Crippen LogP contribution >= 0.6 is 0 Å². The van der Waals surface area contributed by atoms with Crippen molar-refractivity contribution in [3.8, 4) is 16.9 Å². The molecule has 8 heteroatoms. The number of aromatic carboxylic acids is 1. The van der Waals surface area contributed by atoms with Crippen LogP contribution in [-0.4, -0.2) is 40.6 Å². The number of carbonyl (C=O) groups excluding carboxylic acids is 1. The number of aliphatic hydroxyl groups excluding tert-OH is 1. The molecular weight excluding hydrogens is 458 g/mol. The molecule has 0 saturated heterocycles. The van der Waals surface area contributed by atoms with Crippen molar-refractivity contribution in [2.75, 3.05) is 6.61 Å². The van der Waals surface area contributed by atoms with Crippen molar-refractivity contribution in [2.24, 2.45) is 11.1 Å². The maximum Gasteiger partial charge on any atom is 0.336 e. The number of carboxylic acid groups (broad SMARTS) is 1. The van der Waals surface area contributed by atoms with Crippen LogP contribution in [0.3, 0.4) is 0 Å². The first kappa shape index (κ1) is 26.4. The summed E-state index contributed by atoms with van der Waals surface area (Å²) in [5, 5.41) is 29.9. The quantitative estimate of drug-likeness (QED) is 0.226. The highest BCUT2D eigenvalue weighted by molar-refractivity contribution is 6.02. The molecule has 3 aromatic carbocycles. The number of carbonyl (C=O) groups is 2. The highest BCUT2D eigenvalue weighted by Gasteiger charge is 2.26. The van der Waals surface area contributed by atoms with E-state index in [0.717, 1.165) is 5.56 Å². The number of nitrogens with one attached hydrogen (secondary N) is 2. The number of carboxylic acids is 1. The summed E-state index contributed by atoms with van der Waals surface area (Å²) in [6.07, 6.45) is 0. The maximum absolute atomic E-state index is 12.8. The van der Waals surface area contributed by atoms with Gasteiger partial charge >= 0.3 is 5.97 Å². The first-order valence-electron chi connectivity index (χ1n) is 11.5. The van der Waals surface area contributed by atoms with E-state index in [1.54, 1.807) is 48.5 Å². The zero-order valence-electron chi connectivity index (χ0n) is 20.5. The predicted molar refractivity (Wildman–Crippen MR) is 138 cm³/mol. The van der Waals surface area contributed by atoms with E-state index in [1.165, 1.54) is 6.07 Å². The number of para-hydroxylation sites is 1. The lowest BCUT2D eigenvalue weighted by Gasteiger charge is -2.29. The van der Waals surface area contributed by atoms with Crippen LogP contribution in [0, 0.1) is 10.8 Å². The second kappa shape index (κ2) is 11.0. The molecule has 0 aliphatic heterocycles. The fourth-order valence-electron chi connectivity index (χ4n) is 3.63. The summed E-state index contributed by atoms with van der Waals surface area (Å²) >= 11 is 0. The standard InChI is InChI=1S/C28H31N3O5/c1-28(2,3)24(15-32)31-26(33)19-12-13-20(22(14-19)27(34)35)21-6-4-5-7-23(21)36-16-17-8-10-18(11-9-17)25(29)30/h4-14,24,32H,15-16H2,1-3H3,(H3,29,30)(H,31,33)(H,34,35). The van der Waals surface area contributed by atoms with E-state index >= 15 is 0 Å². The van der Waals surface area contributed by atoms with Gasteiger partial charge in [-0.05, 0) is 34.7 Å². The van der Waals surface area contributed by atoms with Gasteiger partial charge in [0.25, 0.3) is 5.91 Å². The summed E-state index contributed by atoms with van der Waals surface area (Å²) in [5.74, 6) is -1.17. The molecule has 0 bridgehead atoms. The molecule has 3 rings (SSSR count). The van der Waals surface area contributed by atoms with Gasteiger partial charge in [0.1, 0.15) is 18.2 Å². The zero-order chi connectivity index (χ0) is 26.5. The molecule has 0 aliphatic rings. The Hall–Kier alpha value is -4.17. The first-order valence-corrected chi connectivity index (χ1v) is 11.5. The minimum absolute atomic E-state index is 0.0172. The Kier molecular flexibility index (Phi) is 8.11. The van der Waals surface area contributed by atoms with Crippen molar-refractivity contribution in [3.05, 3.63) is 89.0 Å². The van der Waals surface area contributed by atoms with Crippen molar-refractivity contribution in [1.29, 1.82) is 5.41 Å². The second-order valence-corrected chi connectivity index (χ2v) is 9.54. The van der Waals surface area contributed by atoms with Gasteiger partial charge in [0.15, 0.2) is 0 Å². The predicted octanol–water partition coefficient (Wildman–Crippen LogP) is 4.05. The first-order chi connectivity index (χ1) is 17.0. The van der Waals surface area contributed by atoms with Crippen LogP contribution in [0.25, 0.3) is 11.1 Å². The number of hydrogen-bond acceptors (Lipinski definition) is 5. The highest BCUT2D eigenvalue weighted by Crippen LogP contribution is 2.33. The van der Waals surface area contributed by atoms with Gasteiger partial charge in [0.05, 0.1) is 18.2 Å². The Morgan fingerprint density at radius 1 is 1.00 bits per heavy atom. The minimum Gasteiger partial charge on any atom is -0.488 e. The molecule has 0 heterocycles. The van der Waals surface area contributed by atoms with Gasteiger partial charge in [-0.3, -0.25) is 10.2 Å². The SMILES string of the molecule is CC(C)(C)C(CO)NC(=O)c1ccc(-c2ccccc2OCc2ccc(C(=N)N)cc2)c(C(=O)O)c1. The largest absolute Gasteiger partial charge is 0.488 e. The zero-order valence-corrected chi connectivity index (χ0v) is 20.5. The third-order valence-corrected chi connectivity index (χ3v) is 5.88.